The zero-order chi connectivity index (χ0) is 17.5. The van der Waals surface area contributed by atoms with Crippen molar-refractivity contribution in [3.63, 3.8) is 0 Å². The van der Waals surface area contributed by atoms with Crippen molar-refractivity contribution in [2.24, 2.45) is 11.8 Å². The molecular weight excluding hydrogens is 304 g/mol. The topological polar surface area (TPSA) is 58.6 Å². The second-order valence-electron chi connectivity index (χ2n) is 6.78. The number of likely N-dealkylation sites (tertiary alicyclic amines) is 1. The van der Waals surface area contributed by atoms with Crippen molar-refractivity contribution in [2.45, 2.75) is 39.7 Å². The van der Waals surface area contributed by atoms with E-state index in [1.165, 1.54) is 0 Å². The van der Waals surface area contributed by atoms with Gasteiger partial charge in [0.1, 0.15) is 12.4 Å². The van der Waals surface area contributed by atoms with Gasteiger partial charge < -0.3 is 15.0 Å². The molecule has 0 unspecified atom stereocenters. The Morgan fingerprint density at radius 2 is 2.04 bits per heavy atom. The van der Waals surface area contributed by atoms with E-state index in [2.05, 4.69) is 19.2 Å². The van der Waals surface area contributed by atoms with Crippen LogP contribution in [0.2, 0.25) is 0 Å². The van der Waals surface area contributed by atoms with Crippen LogP contribution in [0.4, 0.5) is 0 Å². The highest BCUT2D eigenvalue weighted by molar-refractivity contribution is 5.84. The first-order valence-electron chi connectivity index (χ1n) is 8.74. The molecule has 24 heavy (non-hydrogen) atoms. The third-order valence-electron chi connectivity index (χ3n) is 4.38. The molecular formula is C19H28N2O3. The Morgan fingerprint density at radius 3 is 2.71 bits per heavy atom. The fourth-order valence-corrected chi connectivity index (χ4v) is 3.11. The number of nitrogens with one attached hydrogen (secondary N) is 1. The summed E-state index contributed by atoms with van der Waals surface area (Å²) in [4.78, 5) is 26.4. The Bertz CT molecular complexity index is 545. The lowest BCUT2D eigenvalue weighted by molar-refractivity contribution is -0.143. The first-order chi connectivity index (χ1) is 11.5. The highest BCUT2D eigenvalue weighted by Gasteiger charge is 2.36. The summed E-state index contributed by atoms with van der Waals surface area (Å²) in [6.07, 6.45) is 1.08. The summed E-state index contributed by atoms with van der Waals surface area (Å²) in [6.45, 7) is 7.76. The minimum Gasteiger partial charge on any atom is -0.492 e. The fourth-order valence-electron chi connectivity index (χ4n) is 3.11. The molecule has 0 aromatic heterocycles. The average Bonchev–Trinajstić information content (AvgIpc) is 2.56. The standard InChI is InChI=1S/C19H28N2O3/c1-14(2)13-21-15(3)17(9-10-18(21)22)19(23)20-11-12-24-16-7-5-4-6-8-16/h4-8,14-15,17H,9-13H2,1-3H3,(H,20,23)/t15-,17-/m1/s1. The van der Waals surface area contributed by atoms with Gasteiger partial charge in [-0.2, -0.15) is 0 Å². The Hall–Kier alpha value is -2.04. The molecule has 2 atom stereocenters. The number of nitrogens with zero attached hydrogens (tertiary/aromatic N) is 1. The van der Waals surface area contributed by atoms with Gasteiger partial charge in [0, 0.05) is 19.0 Å². The van der Waals surface area contributed by atoms with Gasteiger partial charge in [-0.15, -0.1) is 0 Å². The van der Waals surface area contributed by atoms with Crippen LogP contribution in [-0.4, -0.2) is 42.5 Å². The number of amides is 2. The van der Waals surface area contributed by atoms with Crippen molar-refractivity contribution >= 4 is 11.8 Å². The van der Waals surface area contributed by atoms with Crippen LogP contribution in [0.3, 0.4) is 0 Å². The molecule has 1 saturated heterocycles. The number of para-hydroxylation sites is 1. The maximum absolute atomic E-state index is 12.5. The zero-order valence-corrected chi connectivity index (χ0v) is 14.8. The van der Waals surface area contributed by atoms with E-state index < -0.39 is 0 Å². The van der Waals surface area contributed by atoms with Crippen LogP contribution in [-0.2, 0) is 9.59 Å². The molecule has 0 aliphatic carbocycles. The summed E-state index contributed by atoms with van der Waals surface area (Å²) in [5.74, 6) is 1.23. The van der Waals surface area contributed by atoms with Crippen molar-refractivity contribution in [2.75, 3.05) is 19.7 Å². The van der Waals surface area contributed by atoms with Gasteiger partial charge in [-0.05, 0) is 31.4 Å². The molecule has 1 aliphatic heterocycles. The number of ether oxygens (including phenoxy) is 1. The molecule has 1 N–H and O–H groups in total. The molecule has 132 valence electrons. The van der Waals surface area contributed by atoms with E-state index in [1.807, 2.05) is 42.2 Å². The van der Waals surface area contributed by atoms with E-state index >= 15 is 0 Å². The third-order valence-corrected chi connectivity index (χ3v) is 4.38. The Kier molecular flexibility index (Phi) is 6.64. The van der Waals surface area contributed by atoms with Gasteiger partial charge in [-0.3, -0.25) is 9.59 Å². The molecule has 1 aromatic carbocycles. The molecule has 2 amide bonds. The van der Waals surface area contributed by atoms with Gasteiger partial charge >= 0.3 is 0 Å². The van der Waals surface area contributed by atoms with E-state index in [1.54, 1.807) is 0 Å². The molecule has 1 aliphatic rings. The molecule has 0 saturated carbocycles. The number of hydrogen-bond donors (Lipinski definition) is 1. The van der Waals surface area contributed by atoms with E-state index in [9.17, 15) is 9.59 Å². The monoisotopic (exact) mass is 332 g/mol. The SMILES string of the molecule is CC(C)CN1C(=O)CC[C@@H](C(=O)NCCOc2ccccc2)[C@H]1C. The van der Waals surface area contributed by atoms with Crippen molar-refractivity contribution in [1.29, 1.82) is 0 Å². The van der Waals surface area contributed by atoms with Crippen molar-refractivity contribution in [3.8, 4) is 5.75 Å². The van der Waals surface area contributed by atoms with Crippen LogP contribution < -0.4 is 10.1 Å². The Morgan fingerprint density at radius 1 is 1.33 bits per heavy atom. The molecule has 5 heteroatoms. The molecule has 0 radical (unpaired) electrons. The summed E-state index contributed by atoms with van der Waals surface area (Å²) in [5.41, 5.74) is 0. The molecule has 2 rings (SSSR count). The van der Waals surface area contributed by atoms with Crippen molar-refractivity contribution in [1.82, 2.24) is 10.2 Å². The van der Waals surface area contributed by atoms with Gasteiger partial charge in [0.05, 0.1) is 12.5 Å². The second-order valence-corrected chi connectivity index (χ2v) is 6.78. The van der Waals surface area contributed by atoms with Crippen LogP contribution in [0.25, 0.3) is 0 Å². The summed E-state index contributed by atoms with van der Waals surface area (Å²) < 4.78 is 5.58. The van der Waals surface area contributed by atoms with Crippen LogP contribution in [0.15, 0.2) is 30.3 Å². The Labute approximate surface area is 144 Å². The normalized spacial score (nSPS) is 21.0. The second kappa shape index (κ2) is 8.71. The van der Waals surface area contributed by atoms with E-state index in [0.29, 0.717) is 38.5 Å². The van der Waals surface area contributed by atoms with Gasteiger partial charge in [0.2, 0.25) is 11.8 Å². The minimum absolute atomic E-state index is 0.0143. The molecule has 1 aromatic rings. The maximum atomic E-state index is 12.5. The van der Waals surface area contributed by atoms with E-state index in [-0.39, 0.29) is 23.8 Å². The summed E-state index contributed by atoms with van der Waals surface area (Å²) in [6, 6.07) is 9.49. The van der Waals surface area contributed by atoms with Crippen molar-refractivity contribution < 1.29 is 14.3 Å². The third kappa shape index (κ3) is 4.98. The summed E-state index contributed by atoms with van der Waals surface area (Å²) >= 11 is 0. The first-order valence-corrected chi connectivity index (χ1v) is 8.74. The number of rotatable bonds is 7. The number of carbonyl (C=O) groups is 2. The number of carbonyl (C=O) groups excluding carboxylic acids is 2. The molecule has 5 nitrogen and oxygen atoms in total. The number of benzene rings is 1. The predicted octanol–water partition coefficient (Wildman–Crippen LogP) is 2.46. The lowest BCUT2D eigenvalue weighted by Gasteiger charge is -2.39. The van der Waals surface area contributed by atoms with Crippen LogP contribution in [0.1, 0.15) is 33.6 Å². The average molecular weight is 332 g/mol. The Balaban J connectivity index is 1.79. The molecule has 0 bridgehead atoms. The molecule has 0 spiro atoms. The van der Waals surface area contributed by atoms with Gasteiger partial charge in [-0.25, -0.2) is 0 Å². The number of piperidine rings is 1. The smallest absolute Gasteiger partial charge is 0.225 e. The van der Waals surface area contributed by atoms with Crippen molar-refractivity contribution in [3.05, 3.63) is 30.3 Å². The molecule has 1 heterocycles. The fraction of sp³-hybridized carbons (Fsp3) is 0.579. The number of hydrogen-bond acceptors (Lipinski definition) is 3. The van der Waals surface area contributed by atoms with E-state index in [0.717, 1.165) is 5.75 Å². The van der Waals surface area contributed by atoms with Crippen LogP contribution in [0, 0.1) is 11.8 Å². The van der Waals surface area contributed by atoms with Gasteiger partial charge in [-0.1, -0.05) is 32.0 Å². The minimum atomic E-state index is -0.141. The summed E-state index contributed by atoms with van der Waals surface area (Å²) in [5, 5.41) is 2.94. The maximum Gasteiger partial charge on any atom is 0.225 e. The van der Waals surface area contributed by atoms with Gasteiger partial charge in [0.25, 0.3) is 0 Å². The lowest BCUT2D eigenvalue weighted by atomic mass is 9.88. The van der Waals surface area contributed by atoms with Crippen LogP contribution in [0.5, 0.6) is 5.75 Å². The molecule has 1 fully saturated rings. The highest BCUT2D eigenvalue weighted by atomic mass is 16.5. The quantitative estimate of drug-likeness (QED) is 0.780. The predicted molar refractivity (Wildman–Crippen MR) is 93.7 cm³/mol. The lowest BCUT2D eigenvalue weighted by Crippen LogP contribution is -2.53. The first kappa shape index (κ1) is 18.3. The zero-order valence-electron chi connectivity index (χ0n) is 14.8. The van der Waals surface area contributed by atoms with E-state index in [4.69, 9.17) is 4.74 Å². The van der Waals surface area contributed by atoms with Crippen LogP contribution >= 0.6 is 0 Å². The van der Waals surface area contributed by atoms with Gasteiger partial charge in [0.15, 0.2) is 0 Å². The highest BCUT2D eigenvalue weighted by Crippen LogP contribution is 2.25. The largest absolute Gasteiger partial charge is 0.492 e. The summed E-state index contributed by atoms with van der Waals surface area (Å²) in [7, 11) is 0.